The lowest BCUT2D eigenvalue weighted by atomic mass is 10.1. The summed E-state index contributed by atoms with van der Waals surface area (Å²) in [5.74, 6) is 0. The summed E-state index contributed by atoms with van der Waals surface area (Å²) in [6.45, 7) is 3.81. The molecule has 2 unspecified atom stereocenters. The third-order valence-corrected chi connectivity index (χ3v) is 4.67. The number of rotatable bonds is 0. The molecule has 3 saturated heterocycles. The van der Waals surface area contributed by atoms with E-state index < -0.39 is 0 Å². The van der Waals surface area contributed by atoms with E-state index in [9.17, 15) is 4.79 Å². The highest BCUT2D eigenvalue weighted by atomic mass is 16.2. The van der Waals surface area contributed by atoms with E-state index in [1.54, 1.807) is 0 Å². The molecule has 0 radical (unpaired) electrons. The summed E-state index contributed by atoms with van der Waals surface area (Å²) in [5.41, 5.74) is 0. The fourth-order valence-electron chi connectivity index (χ4n) is 3.58. The molecule has 2 amide bonds. The zero-order valence-electron chi connectivity index (χ0n) is 11.2. The molecule has 4 nitrogen and oxygen atoms in total. The number of amides is 2. The maximum absolute atomic E-state index is 12.6. The first-order chi connectivity index (χ1) is 8.83. The SMILES string of the molecule is O=C(N1CCCCCC1)N1CCC2CCC(C1)N2. The molecule has 0 aromatic heterocycles. The number of fused-ring (bicyclic) bond motifs is 2. The molecular weight excluding hydrogens is 226 g/mol. The summed E-state index contributed by atoms with van der Waals surface area (Å²) in [4.78, 5) is 16.7. The molecule has 1 N–H and O–H groups in total. The number of carbonyl (C=O) groups excluding carboxylic acids is 1. The number of urea groups is 1. The van der Waals surface area contributed by atoms with Crippen LogP contribution in [0.3, 0.4) is 0 Å². The van der Waals surface area contributed by atoms with Crippen LogP contribution in [0.4, 0.5) is 4.79 Å². The maximum Gasteiger partial charge on any atom is 0.320 e. The van der Waals surface area contributed by atoms with Crippen LogP contribution in [0.15, 0.2) is 0 Å². The van der Waals surface area contributed by atoms with Crippen molar-refractivity contribution in [1.29, 1.82) is 0 Å². The molecule has 2 atom stereocenters. The predicted octanol–water partition coefficient (Wildman–Crippen LogP) is 1.81. The van der Waals surface area contributed by atoms with E-state index >= 15 is 0 Å². The number of nitrogens with zero attached hydrogens (tertiary/aromatic N) is 2. The maximum atomic E-state index is 12.6. The quantitative estimate of drug-likeness (QED) is 0.712. The van der Waals surface area contributed by atoms with Crippen molar-refractivity contribution < 1.29 is 4.79 Å². The molecule has 3 aliphatic rings. The van der Waals surface area contributed by atoms with E-state index in [4.69, 9.17) is 0 Å². The first kappa shape index (κ1) is 12.3. The molecule has 102 valence electrons. The van der Waals surface area contributed by atoms with Crippen molar-refractivity contribution in [2.24, 2.45) is 0 Å². The number of carbonyl (C=O) groups is 1. The lowest BCUT2D eigenvalue weighted by molar-refractivity contribution is 0.152. The number of nitrogens with one attached hydrogen (secondary N) is 1. The second-order valence-corrected chi connectivity index (χ2v) is 6.06. The van der Waals surface area contributed by atoms with Crippen molar-refractivity contribution in [3.05, 3.63) is 0 Å². The Hall–Kier alpha value is -0.770. The van der Waals surface area contributed by atoms with Gasteiger partial charge < -0.3 is 15.1 Å². The summed E-state index contributed by atoms with van der Waals surface area (Å²) in [6.07, 6.45) is 8.63. The normalized spacial score (nSPS) is 33.1. The van der Waals surface area contributed by atoms with Crippen LogP contribution in [-0.4, -0.2) is 54.1 Å². The van der Waals surface area contributed by atoms with Gasteiger partial charge in [0.25, 0.3) is 0 Å². The summed E-state index contributed by atoms with van der Waals surface area (Å²) < 4.78 is 0. The van der Waals surface area contributed by atoms with Crippen LogP contribution >= 0.6 is 0 Å². The Kier molecular flexibility index (Phi) is 3.73. The van der Waals surface area contributed by atoms with Gasteiger partial charge in [0.1, 0.15) is 0 Å². The van der Waals surface area contributed by atoms with Gasteiger partial charge in [0.2, 0.25) is 0 Å². The third kappa shape index (κ3) is 2.63. The molecule has 0 saturated carbocycles. The van der Waals surface area contributed by atoms with Gasteiger partial charge in [-0.15, -0.1) is 0 Å². The Morgan fingerprint density at radius 1 is 0.833 bits per heavy atom. The second kappa shape index (κ2) is 5.47. The van der Waals surface area contributed by atoms with E-state index in [0.29, 0.717) is 18.1 Å². The van der Waals surface area contributed by atoms with Gasteiger partial charge in [0.15, 0.2) is 0 Å². The standard InChI is InChI=1S/C14H25N3O/c18-14(16-8-3-1-2-4-9-16)17-10-7-12-5-6-13(11-17)15-12/h12-13,15H,1-11H2. The highest BCUT2D eigenvalue weighted by Crippen LogP contribution is 2.21. The number of likely N-dealkylation sites (tertiary alicyclic amines) is 2. The van der Waals surface area contributed by atoms with Crippen molar-refractivity contribution in [3.8, 4) is 0 Å². The van der Waals surface area contributed by atoms with Gasteiger partial charge in [-0.3, -0.25) is 0 Å². The predicted molar refractivity (Wildman–Crippen MR) is 71.6 cm³/mol. The van der Waals surface area contributed by atoms with Gasteiger partial charge in [-0.2, -0.15) is 0 Å². The molecule has 0 aromatic carbocycles. The van der Waals surface area contributed by atoms with Crippen LogP contribution in [0.25, 0.3) is 0 Å². The van der Waals surface area contributed by atoms with Crippen LogP contribution in [0, 0.1) is 0 Å². The highest BCUT2D eigenvalue weighted by Gasteiger charge is 2.32. The van der Waals surface area contributed by atoms with Gasteiger partial charge in [-0.05, 0) is 32.1 Å². The number of hydrogen-bond donors (Lipinski definition) is 1. The Labute approximate surface area is 110 Å². The largest absolute Gasteiger partial charge is 0.325 e. The lowest BCUT2D eigenvalue weighted by Gasteiger charge is -2.31. The van der Waals surface area contributed by atoms with Crippen LogP contribution in [0.1, 0.15) is 44.9 Å². The smallest absolute Gasteiger partial charge is 0.320 e. The molecule has 3 fully saturated rings. The van der Waals surface area contributed by atoms with Crippen molar-refractivity contribution in [3.63, 3.8) is 0 Å². The molecule has 3 rings (SSSR count). The number of hydrogen-bond acceptors (Lipinski definition) is 2. The first-order valence-electron chi connectivity index (χ1n) is 7.63. The highest BCUT2D eigenvalue weighted by molar-refractivity contribution is 5.74. The van der Waals surface area contributed by atoms with Crippen LogP contribution in [-0.2, 0) is 0 Å². The lowest BCUT2D eigenvalue weighted by Crippen LogP contribution is -2.47. The minimum atomic E-state index is 0.297. The Morgan fingerprint density at radius 3 is 2.33 bits per heavy atom. The fourth-order valence-corrected chi connectivity index (χ4v) is 3.58. The molecule has 0 spiro atoms. The van der Waals surface area contributed by atoms with E-state index in [-0.39, 0.29) is 0 Å². The Bertz CT molecular complexity index is 299. The van der Waals surface area contributed by atoms with Gasteiger partial charge in [-0.25, -0.2) is 4.79 Å². The van der Waals surface area contributed by atoms with E-state index in [2.05, 4.69) is 15.1 Å². The van der Waals surface area contributed by atoms with Gasteiger partial charge in [0, 0.05) is 38.3 Å². The zero-order valence-corrected chi connectivity index (χ0v) is 11.2. The molecule has 0 aliphatic carbocycles. The van der Waals surface area contributed by atoms with Crippen molar-refractivity contribution in [2.75, 3.05) is 26.2 Å². The first-order valence-corrected chi connectivity index (χ1v) is 7.63. The Balaban J connectivity index is 1.60. The Morgan fingerprint density at radius 2 is 1.56 bits per heavy atom. The van der Waals surface area contributed by atoms with Gasteiger partial charge in [0.05, 0.1) is 0 Å². The van der Waals surface area contributed by atoms with Crippen LogP contribution < -0.4 is 5.32 Å². The second-order valence-electron chi connectivity index (χ2n) is 6.06. The minimum absolute atomic E-state index is 0.297. The van der Waals surface area contributed by atoms with Crippen LogP contribution in [0.2, 0.25) is 0 Å². The molecule has 3 aliphatic heterocycles. The zero-order chi connectivity index (χ0) is 12.4. The summed E-state index contributed by atoms with van der Waals surface area (Å²) in [6, 6.07) is 1.51. The van der Waals surface area contributed by atoms with Crippen molar-refractivity contribution in [1.82, 2.24) is 15.1 Å². The average Bonchev–Trinajstić information content (AvgIpc) is 2.58. The topological polar surface area (TPSA) is 35.6 Å². The van der Waals surface area contributed by atoms with Crippen molar-refractivity contribution in [2.45, 2.75) is 57.0 Å². The van der Waals surface area contributed by atoms with E-state index in [1.165, 1.54) is 38.5 Å². The van der Waals surface area contributed by atoms with Gasteiger partial charge >= 0.3 is 6.03 Å². The fraction of sp³-hybridized carbons (Fsp3) is 0.929. The average molecular weight is 251 g/mol. The molecule has 4 heteroatoms. The van der Waals surface area contributed by atoms with Gasteiger partial charge in [-0.1, -0.05) is 12.8 Å². The van der Waals surface area contributed by atoms with E-state index in [0.717, 1.165) is 32.6 Å². The van der Waals surface area contributed by atoms with E-state index in [1.807, 2.05) is 0 Å². The molecule has 2 bridgehead atoms. The summed E-state index contributed by atoms with van der Waals surface area (Å²) >= 11 is 0. The monoisotopic (exact) mass is 251 g/mol. The minimum Gasteiger partial charge on any atom is -0.325 e. The van der Waals surface area contributed by atoms with Crippen LogP contribution in [0.5, 0.6) is 0 Å². The van der Waals surface area contributed by atoms with Crippen molar-refractivity contribution >= 4 is 6.03 Å². The summed E-state index contributed by atoms with van der Waals surface area (Å²) in [7, 11) is 0. The summed E-state index contributed by atoms with van der Waals surface area (Å²) in [5, 5.41) is 3.64. The molecule has 0 aromatic rings. The third-order valence-electron chi connectivity index (χ3n) is 4.67. The molecular formula is C14H25N3O. The molecule has 18 heavy (non-hydrogen) atoms. The molecule has 3 heterocycles.